The van der Waals surface area contributed by atoms with Gasteiger partial charge in [-0.3, -0.25) is 34.1 Å². The topological polar surface area (TPSA) is 181 Å². The second-order valence-electron chi connectivity index (χ2n) is 19.8. The maximum absolute atomic E-state index is 14.8. The van der Waals surface area contributed by atoms with Crippen molar-refractivity contribution >= 4 is 34.6 Å². The molecule has 4 aliphatic rings. The largest absolute Gasteiger partial charge is 0.508 e. The first kappa shape index (κ1) is 47.2. The summed E-state index contributed by atoms with van der Waals surface area (Å²) < 4.78 is 14.3. The maximum atomic E-state index is 14.8. The number of methoxy groups -OCH3 is 1. The third-order valence-electron chi connectivity index (χ3n) is 13.7. The second kappa shape index (κ2) is 19.9. The fraction of sp³-hybridized carbons (Fsp3) is 0.549. The van der Waals surface area contributed by atoms with Gasteiger partial charge in [-0.2, -0.15) is 0 Å². The third kappa shape index (κ3) is 10.1. The van der Waals surface area contributed by atoms with Crippen LogP contribution in [0.5, 0.6) is 5.75 Å². The molecule has 3 fully saturated rings. The van der Waals surface area contributed by atoms with E-state index in [4.69, 9.17) is 14.5 Å². The lowest BCUT2D eigenvalue weighted by Gasteiger charge is -2.38. The molecule has 15 nitrogen and oxygen atoms in total. The number of hydrogen-bond donors (Lipinski definition) is 4. The lowest BCUT2D eigenvalue weighted by Crippen LogP contribution is -2.62. The Labute approximate surface area is 388 Å². The molecule has 5 atom stereocenters. The van der Waals surface area contributed by atoms with Crippen LogP contribution in [0.4, 0.5) is 0 Å². The number of aromatic nitrogens is 2. The number of fused-ring (bicyclic) bond motifs is 6. The minimum Gasteiger partial charge on any atom is -0.508 e. The van der Waals surface area contributed by atoms with E-state index >= 15 is 0 Å². The Bertz CT molecular complexity index is 2440. The van der Waals surface area contributed by atoms with Crippen LogP contribution in [0.2, 0.25) is 0 Å². The number of aromatic hydroxyl groups is 1. The van der Waals surface area contributed by atoms with Gasteiger partial charge in [-0.1, -0.05) is 39.8 Å². The van der Waals surface area contributed by atoms with Gasteiger partial charge in [-0.05, 0) is 111 Å². The summed E-state index contributed by atoms with van der Waals surface area (Å²) in [5, 5.41) is 20.2. The van der Waals surface area contributed by atoms with Crippen molar-refractivity contribution in [3.63, 3.8) is 0 Å². The first-order chi connectivity index (χ1) is 31.7. The van der Waals surface area contributed by atoms with Gasteiger partial charge >= 0.3 is 5.97 Å². The van der Waals surface area contributed by atoms with Gasteiger partial charge in [-0.15, -0.1) is 0 Å². The van der Waals surface area contributed by atoms with Crippen molar-refractivity contribution < 1.29 is 33.8 Å². The summed E-state index contributed by atoms with van der Waals surface area (Å²) in [5.74, 6) is -0.959. The van der Waals surface area contributed by atoms with E-state index < -0.39 is 29.5 Å². The van der Waals surface area contributed by atoms with Gasteiger partial charge in [0.25, 0.3) is 5.91 Å². The number of pyridine rings is 1. The summed E-state index contributed by atoms with van der Waals surface area (Å²) in [5.41, 5.74) is 9.93. The first-order valence-corrected chi connectivity index (χ1v) is 23.9. The zero-order valence-electron chi connectivity index (χ0n) is 39.7. The van der Waals surface area contributed by atoms with E-state index in [1.54, 1.807) is 25.4 Å². The fourth-order valence-electron chi connectivity index (χ4n) is 10.3. The number of hydrazine groups is 1. The lowest BCUT2D eigenvalue weighted by molar-refractivity contribution is -0.155. The van der Waals surface area contributed by atoms with Gasteiger partial charge in [0, 0.05) is 87.4 Å². The zero-order valence-corrected chi connectivity index (χ0v) is 39.7. The molecule has 3 amide bonds. The van der Waals surface area contributed by atoms with Crippen LogP contribution in [0.25, 0.3) is 33.3 Å². The Balaban J connectivity index is 1.18. The van der Waals surface area contributed by atoms with E-state index in [9.17, 15) is 24.3 Å². The number of esters is 1. The highest BCUT2D eigenvalue weighted by molar-refractivity contribution is 5.96. The number of nitrogens with one attached hydrogen (secondary N) is 3. The molecule has 3 saturated heterocycles. The average molecular weight is 905 g/mol. The predicted octanol–water partition coefficient (Wildman–Crippen LogP) is 5.37. The van der Waals surface area contributed by atoms with E-state index in [-0.39, 0.29) is 54.6 Å². The maximum Gasteiger partial charge on any atom is 0.324 e. The highest BCUT2D eigenvalue weighted by atomic mass is 16.5. The number of carbonyl (C=O) groups is 4. The smallest absolute Gasteiger partial charge is 0.324 e. The molecule has 0 radical (unpaired) electrons. The molecule has 0 aliphatic carbocycles. The van der Waals surface area contributed by atoms with Crippen molar-refractivity contribution in [2.45, 2.75) is 117 Å². The van der Waals surface area contributed by atoms with E-state index in [0.29, 0.717) is 64.1 Å². The highest BCUT2D eigenvalue weighted by Gasteiger charge is 2.39. The molecule has 354 valence electrons. The van der Waals surface area contributed by atoms with E-state index in [1.807, 2.05) is 37.8 Å². The predicted molar refractivity (Wildman–Crippen MR) is 253 cm³/mol. The van der Waals surface area contributed by atoms with Gasteiger partial charge in [-0.25, -0.2) is 5.43 Å². The summed E-state index contributed by atoms with van der Waals surface area (Å²) in [6.07, 6.45) is 4.69. The summed E-state index contributed by atoms with van der Waals surface area (Å²) in [6, 6.07) is 13.4. The molecule has 6 bridgehead atoms. The Kier molecular flexibility index (Phi) is 14.2. The molecule has 4 aliphatic heterocycles. The fourth-order valence-corrected chi connectivity index (χ4v) is 10.3. The first-order valence-electron chi connectivity index (χ1n) is 23.9. The van der Waals surface area contributed by atoms with Crippen LogP contribution in [0, 0.1) is 11.3 Å². The van der Waals surface area contributed by atoms with E-state index in [2.05, 4.69) is 70.6 Å². The Morgan fingerprint density at radius 2 is 1.76 bits per heavy atom. The van der Waals surface area contributed by atoms with Gasteiger partial charge in [0.05, 0.1) is 36.2 Å². The number of nitrogens with zero attached hydrogens (tertiary/aromatic N) is 5. The van der Waals surface area contributed by atoms with Gasteiger partial charge in [0.2, 0.25) is 11.8 Å². The number of phenols is 1. The molecule has 4 N–H and O–H groups in total. The van der Waals surface area contributed by atoms with Gasteiger partial charge in [0.15, 0.2) is 0 Å². The minimum absolute atomic E-state index is 0.0424. The molecule has 8 rings (SSSR count). The standard InChI is InChI=1S/C51H68N8O7/c1-8-58-43-16-15-34-27-38(43)39(46(58)37-13-9-17-52-44(37)32(4)65-7)28-51(5,6)30-66-50(64)40-14-10-22-59(55-40)49(63)41(25-33-23-35(34)26-36(60)24-33)54-47(61)45(31(2)3)56-18-11-20-57(21-12-19-56)48(62)42-29-53-42/h9,13,15-17,23-24,26-27,31-32,40-42,45,53,55,60H,8,10-12,14,18-22,25,28-30H2,1-7H3,(H,54,61)/t32-,40-,41-,42+,45?/m0/s1. The second-order valence-corrected chi connectivity index (χ2v) is 19.8. The lowest BCUT2D eigenvalue weighted by atomic mass is 9.84. The summed E-state index contributed by atoms with van der Waals surface area (Å²) in [7, 11) is 1.69. The Morgan fingerprint density at radius 1 is 1.00 bits per heavy atom. The number of carbonyl (C=O) groups excluding carboxylic acids is 4. The molecule has 66 heavy (non-hydrogen) atoms. The number of rotatable bonds is 9. The minimum atomic E-state index is -1.03. The van der Waals surface area contributed by atoms with Crippen molar-refractivity contribution in [1.82, 2.24) is 40.4 Å². The van der Waals surface area contributed by atoms with Crippen LogP contribution in [-0.4, -0.2) is 130 Å². The molecule has 4 aromatic rings. The van der Waals surface area contributed by atoms with Crippen LogP contribution < -0.4 is 16.1 Å². The monoisotopic (exact) mass is 905 g/mol. The number of phenolic OH excluding ortho intramolecular Hbond substituents is 1. The summed E-state index contributed by atoms with van der Waals surface area (Å²) in [6.45, 7) is 16.8. The van der Waals surface area contributed by atoms with Crippen molar-refractivity contribution in [3.05, 3.63) is 71.5 Å². The van der Waals surface area contributed by atoms with Gasteiger partial charge in [0.1, 0.15) is 17.8 Å². The SMILES string of the molecule is CCn1c(-c2cccnc2[C@H](C)OC)c2c3cc(ccc31)-c1cc(O)cc(c1)C[C@H](NC(=O)C(C(C)C)N1CCCN(C(=O)[C@H]3CN3)CCC1)C(=O)N1CCC[C@H](N1)C(=O)OCC(C)(C)C2. The molecule has 0 spiro atoms. The number of aryl methyl sites for hydroxylation is 1. The highest BCUT2D eigenvalue weighted by Crippen LogP contribution is 2.42. The number of benzene rings is 2. The number of ether oxygens (including phenoxy) is 2. The Hall–Kier alpha value is -5.35. The van der Waals surface area contributed by atoms with Gasteiger partial charge < -0.3 is 34.7 Å². The summed E-state index contributed by atoms with van der Waals surface area (Å²) >= 11 is 0. The normalized spacial score (nSPS) is 22.8. The van der Waals surface area contributed by atoms with Crippen LogP contribution in [0.1, 0.15) is 90.2 Å². The van der Waals surface area contributed by atoms with Crippen LogP contribution >= 0.6 is 0 Å². The molecule has 15 heteroatoms. The molecular formula is C51H68N8O7. The van der Waals surface area contributed by atoms with Crippen molar-refractivity contribution in [1.29, 1.82) is 0 Å². The number of amides is 3. The van der Waals surface area contributed by atoms with Crippen molar-refractivity contribution in [2.75, 3.05) is 53.0 Å². The number of cyclic esters (lactones) is 1. The molecule has 0 saturated carbocycles. The molecular weight excluding hydrogens is 837 g/mol. The van der Waals surface area contributed by atoms with Crippen molar-refractivity contribution in [3.8, 4) is 28.1 Å². The summed E-state index contributed by atoms with van der Waals surface area (Å²) in [4.78, 5) is 65.2. The molecule has 6 heterocycles. The third-order valence-corrected chi connectivity index (χ3v) is 13.7. The van der Waals surface area contributed by atoms with Crippen LogP contribution in [-0.2, 0) is 48.0 Å². The van der Waals surface area contributed by atoms with Crippen LogP contribution in [0.3, 0.4) is 0 Å². The van der Waals surface area contributed by atoms with E-state index in [0.717, 1.165) is 63.9 Å². The Morgan fingerprint density at radius 3 is 2.45 bits per heavy atom. The number of hydrogen-bond acceptors (Lipinski definition) is 11. The molecule has 1 unspecified atom stereocenters. The average Bonchev–Trinajstić information content (AvgIpc) is 4.10. The van der Waals surface area contributed by atoms with Crippen LogP contribution in [0.15, 0.2) is 54.7 Å². The zero-order chi connectivity index (χ0) is 46.9. The molecule has 2 aromatic heterocycles. The molecule has 2 aromatic carbocycles. The quantitative estimate of drug-likeness (QED) is 0.125. The van der Waals surface area contributed by atoms with E-state index in [1.165, 1.54) is 5.01 Å². The van der Waals surface area contributed by atoms with Crippen molar-refractivity contribution in [2.24, 2.45) is 11.3 Å².